The van der Waals surface area contributed by atoms with E-state index in [0.717, 1.165) is 43.3 Å². The number of pyridine rings is 1. The van der Waals surface area contributed by atoms with Gasteiger partial charge in [-0.25, -0.2) is 4.39 Å². The molecule has 1 aromatic carbocycles. The van der Waals surface area contributed by atoms with Gasteiger partial charge in [-0.05, 0) is 49.4 Å². The number of hydrogen-bond donors (Lipinski definition) is 1. The van der Waals surface area contributed by atoms with Crippen molar-refractivity contribution >= 4 is 10.9 Å². The van der Waals surface area contributed by atoms with Crippen molar-refractivity contribution in [1.29, 1.82) is 0 Å². The SMILES string of the molecule is OC1CC2CCC(C1)N2Cc1ccc(F)c2cccnc12. The molecule has 2 unspecified atom stereocenters. The van der Waals surface area contributed by atoms with Gasteiger partial charge in [0.1, 0.15) is 5.82 Å². The van der Waals surface area contributed by atoms with Crippen LogP contribution in [0.25, 0.3) is 10.9 Å². The summed E-state index contributed by atoms with van der Waals surface area (Å²) in [6, 6.07) is 7.88. The van der Waals surface area contributed by atoms with Crippen LogP contribution in [0.4, 0.5) is 4.39 Å². The van der Waals surface area contributed by atoms with Gasteiger partial charge >= 0.3 is 0 Å². The van der Waals surface area contributed by atoms with Crippen LogP contribution in [-0.2, 0) is 6.54 Å². The summed E-state index contributed by atoms with van der Waals surface area (Å²) in [6.45, 7) is 0.801. The molecule has 2 aliphatic rings. The van der Waals surface area contributed by atoms with Gasteiger partial charge in [0, 0.05) is 30.2 Å². The highest BCUT2D eigenvalue weighted by molar-refractivity contribution is 5.82. The molecule has 2 aliphatic heterocycles. The zero-order chi connectivity index (χ0) is 14.4. The van der Waals surface area contributed by atoms with Crippen LogP contribution in [0.2, 0.25) is 0 Å². The molecule has 110 valence electrons. The Morgan fingerprint density at radius 2 is 1.95 bits per heavy atom. The Kier molecular flexibility index (Phi) is 3.16. The third-order valence-corrected chi connectivity index (χ3v) is 5.01. The summed E-state index contributed by atoms with van der Waals surface area (Å²) >= 11 is 0. The molecule has 4 heteroatoms. The number of fused-ring (bicyclic) bond motifs is 3. The minimum absolute atomic E-state index is 0.151. The summed E-state index contributed by atoms with van der Waals surface area (Å²) in [7, 11) is 0. The second-order valence-corrected chi connectivity index (χ2v) is 6.29. The van der Waals surface area contributed by atoms with E-state index in [1.807, 2.05) is 6.07 Å². The standard InChI is InChI=1S/C17H19FN2O/c18-16-6-3-11(17-15(16)2-1-7-19-17)10-20-12-4-5-13(20)9-14(21)8-12/h1-3,6-7,12-14,21H,4-5,8-10H2. The van der Waals surface area contributed by atoms with Crippen LogP contribution in [0.1, 0.15) is 31.2 Å². The van der Waals surface area contributed by atoms with E-state index in [1.165, 1.54) is 0 Å². The molecule has 2 bridgehead atoms. The van der Waals surface area contributed by atoms with Gasteiger partial charge in [0.2, 0.25) is 0 Å². The monoisotopic (exact) mass is 286 g/mol. The minimum atomic E-state index is -0.209. The van der Waals surface area contributed by atoms with Gasteiger partial charge in [-0.15, -0.1) is 0 Å². The first kappa shape index (κ1) is 13.2. The fourth-order valence-corrected chi connectivity index (χ4v) is 4.02. The number of rotatable bonds is 2. The molecule has 2 fully saturated rings. The summed E-state index contributed by atoms with van der Waals surface area (Å²) in [5.41, 5.74) is 1.85. The van der Waals surface area contributed by atoms with E-state index >= 15 is 0 Å². The van der Waals surface area contributed by atoms with Crippen molar-refractivity contribution in [2.75, 3.05) is 0 Å². The van der Waals surface area contributed by atoms with Crippen LogP contribution < -0.4 is 0 Å². The Hall–Kier alpha value is -1.52. The zero-order valence-electron chi connectivity index (χ0n) is 11.9. The lowest BCUT2D eigenvalue weighted by Gasteiger charge is -2.37. The predicted octanol–water partition coefficient (Wildman–Crippen LogP) is 2.86. The second-order valence-electron chi connectivity index (χ2n) is 6.29. The minimum Gasteiger partial charge on any atom is -0.393 e. The van der Waals surface area contributed by atoms with E-state index in [-0.39, 0.29) is 11.9 Å². The molecule has 0 spiro atoms. The molecule has 21 heavy (non-hydrogen) atoms. The lowest BCUT2D eigenvalue weighted by atomic mass is 9.98. The highest BCUT2D eigenvalue weighted by atomic mass is 19.1. The highest BCUT2D eigenvalue weighted by Crippen LogP contribution is 2.37. The molecule has 0 saturated carbocycles. The van der Waals surface area contributed by atoms with Crippen molar-refractivity contribution < 1.29 is 9.50 Å². The van der Waals surface area contributed by atoms with E-state index < -0.39 is 0 Å². The van der Waals surface area contributed by atoms with Gasteiger partial charge in [-0.2, -0.15) is 0 Å². The Morgan fingerprint density at radius 1 is 1.19 bits per heavy atom. The van der Waals surface area contributed by atoms with Crippen molar-refractivity contribution in [1.82, 2.24) is 9.88 Å². The molecule has 1 aromatic heterocycles. The number of hydrogen-bond acceptors (Lipinski definition) is 3. The van der Waals surface area contributed by atoms with Crippen molar-refractivity contribution in [3.05, 3.63) is 41.8 Å². The van der Waals surface area contributed by atoms with Gasteiger partial charge in [0.25, 0.3) is 0 Å². The zero-order valence-corrected chi connectivity index (χ0v) is 11.9. The van der Waals surface area contributed by atoms with Gasteiger partial charge in [0.15, 0.2) is 0 Å². The number of aliphatic hydroxyl groups excluding tert-OH is 1. The van der Waals surface area contributed by atoms with Gasteiger partial charge in [-0.1, -0.05) is 6.07 Å². The second kappa shape index (κ2) is 5.04. The van der Waals surface area contributed by atoms with E-state index in [1.54, 1.807) is 24.4 Å². The average Bonchev–Trinajstić information content (AvgIpc) is 2.73. The number of piperidine rings is 1. The summed E-state index contributed by atoms with van der Waals surface area (Å²) in [5.74, 6) is -0.209. The normalized spacial score (nSPS) is 29.1. The number of aromatic nitrogens is 1. The predicted molar refractivity (Wildman–Crippen MR) is 79.3 cm³/mol. The molecular weight excluding hydrogens is 267 g/mol. The maximum atomic E-state index is 13.9. The van der Waals surface area contributed by atoms with Crippen LogP contribution >= 0.6 is 0 Å². The number of aliphatic hydroxyl groups is 1. The van der Waals surface area contributed by atoms with Gasteiger partial charge in [-0.3, -0.25) is 9.88 Å². The Labute approximate surface area is 123 Å². The van der Waals surface area contributed by atoms with Crippen molar-refractivity contribution in [2.24, 2.45) is 0 Å². The van der Waals surface area contributed by atoms with Crippen LogP contribution in [-0.4, -0.2) is 33.2 Å². The fourth-order valence-electron chi connectivity index (χ4n) is 4.02. The van der Waals surface area contributed by atoms with Crippen molar-refractivity contribution in [3.8, 4) is 0 Å². The smallest absolute Gasteiger partial charge is 0.132 e. The molecule has 4 rings (SSSR count). The van der Waals surface area contributed by atoms with Gasteiger partial charge < -0.3 is 5.11 Å². The molecular formula is C17H19FN2O. The average molecular weight is 286 g/mol. The third kappa shape index (κ3) is 2.23. The van der Waals surface area contributed by atoms with E-state index in [2.05, 4.69) is 9.88 Å². The summed E-state index contributed by atoms with van der Waals surface area (Å²) < 4.78 is 13.9. The maximum absolute atomic E-state index is 13.9. The molecule has 3 heterocycles. The number of nitrogens with zero attached hydrogens (tertiary/aromatic N) is 2. The van der Waals surface area contributed by atoms with E-state index in [0.29, 0.717) is 17.5 Å². The highest BCUT2D eigenvalue weighted by Gasteiger charge is 2.40. The fraction of sp³-hybridized carbons (Fsp3) is 0.471. The first-order chi connectivity index (χ1) is 10.2. The molecule has 2 saturated heterocycles. The van der Waals surface area contributed by atoms with Crippen molar-refractivity contribution in [3.63, 3.8) is 0 Å². The molecule has 2 atom stereocenters. The lowest BCUT2D eigenvalue weighted by Crippen LogP contribution is -2.44. The van der Waals surface area contributed by atoms with Crippen LogP contribution in [0.3, 0.4) is 0 Å². The van der Waals surface area contributed by atoms with Gasteiger partial charge in [0.05, 0.1) is 11.6 Å². The third-order valence-electron chi connectivity index (χ3n) is 5.01. The number of benzene rings is 1. The Morgan fingerprint density at radius 3 is 2.71 bits per heavy atom. The topological polar surface area (TPSA) is 36.4 Å². The summed E-state index contributed by atoms with van der Waals surface area (Å²) in [5, 5.41) is 10.5. The molecule has 2 aromatic rings. The molecule has 0 amide bonds. The first-order valence-electron chi connectivity index (χ1n) is 7.68. The summed E-state index contributed by atoms with van der Waals surface area (Å²) in [4.78, 5) is 6.86. The van der Waals surface area contributed by atoms with Crippen LogP contribution in [0.5, 0.6) is 0 Å². The maximum Gasteiger partial charge on any atom is 0.132 e. The van der Waals surface area contributed by atoms with Crippen molar-refractivity contribution in [2.45, 2.75) is 50.4 Å². The quantitative estimate of drug-likeness (QED) is 0.922. The Bertz CT molecular complexity index is 661. The number of halogens is 1. The largest absolute Gasteiger partial charge is 0.393 e. The van der Waals surface area contributed by atoms with E-state index in [9.17, 15) is 9.50 Å². The summed E-state index contributed by atoms with van der Waals surface area (Å²) in [6.07, 6.45) is 5.62. The molecule has 1 N–H and O–H groups in total. The van der Waals surface area contributed by atoms with Crippen LogP contribution in [0, 0.1) is 5.82 Å². The molecule has 0 radical (unpaired) electrons. The van der Waals surface area contributed by atoms with Crippen LogP contribution in [0.15, 0.2) is 30.5 Å². The van der Waals surface area contributed by atoms with E-state index in [4.69, 9.17) is 0 Å². The Balaban J connectivity index is 1.68. The molecule has 0 aliphatic carbocycles. The first-order valence-corrected chi connectivity index (χ1v) is 7.68. The molecule has 3 nitrogen and oxygen atoms in total. The lowest BCUT2D eigenvalue weighted by molar-refractivity contribution is 0.0312.